The van der Waals surface area contributed by atoms with Gasteiger partial charge >= 0.3 is 0 Å². The molecule has 5 heteroatoms. The molecule has 0 saturated heterocycles. The molecule has 0 aromatic heterocycles. The van der Waals surface area contributed by atoms with Gasteiger partial charge in [-0.05, 0) is 26.0 Å². The topological polar surface area (TPSA) is 52.9 Å². The van der Waals surface area contributed by atoms with Crippen molar-refractivity contribution in [1.29, 1.82) is 5.26 Å². The minimum atomic E-state index is -0.715. The molecule has 84 valence electrons. The number of benzene rings is 1. The summed E-state index contributed by atoms with van der Waals surface area (Å²) in [7, 11) is 0. The zero-order valence-corrected chi connectivity index (χ0v) is 9.60. The van der Waals surface area contributed by atoms with Gasteiger partial charge in [-0.25, -0.2) is 4.39 Å². The lowest BCUT2D eigenvalue weighted by Gasteiger charge is -2.10. The minimum absolute atomic E-state index is 0.153. The second-order valence-electron chi connectivity index (χ2n) is 3.35. The standard InChI is InChI=1S/C11H10ClFN2O/c1-6-9(13)3-8(5-14)4-10(6)15-11(16)7(2)12/h3-4,7H,1-2H3,(H,15,16). The van der Waals surface area contributed by atoms with Crippen molar-refractivity contribution in [1.82, 2.24) is 0 Å². The van der Waals surface area contributed by atoms with E-state index in [2.05, 4.69) is 5.32 Å². The quantitative estimate of drug-likeness (QED) is 0.808. The van der Waals surface area contributed by atoms with Crippen molar-refractivity contribution in [3.63, 3.8) is 0 Å². The van der Waals surface area contributed by atoms with Crippen LogP contribution < -0.4 is 5.32 Å². The average molecular weight is 241 g/mol. The van der Waals surface area contributed by atoms with Crippen molar-refractivity contribution >= 4 is 23.2 Å². The molecule has 0 aliphatic carbocycles. The first-order valence-corrected chi connectivity index (χ1v) is 5.04. The van der Waals surface area contributed by atoms with Crippen LogP contribution in [0.2, 0.25) is 0 Å². The molecule has 0 radical (unpaired) electrons. The summed E-state index contributed by atoms with van der Waals surface area (Å²) >= 11 is 5.57. The second-order valence-corrected chi connectivity index (χ2v) is 4.00. The molecule has 0 aliphatic heterocycles. The number of carbonyl (C=O) groups excluding carboxylic acids is 1. The fourth-order valence-corrected chi connectivity index (χ4v) is 1.16. The highest BCUT2D eigenvalue weighted by atomic mass is 35.5. The summed E-state index contributed by atoms with van der Waals surface area (Å²) in [5, 5.41) is 10.4. The molecule has 0 fully saturated rings. The number of halogens is 2. The van der Waals surface area contributed by atoms with Crippen LogP contribution in [0.25, 0.3) is 0 Å². The number of nitriles is 1. The Labute approximate surface area is 97.8 Å². The van der Waals surface area contributed by atoms with Gasteiger partial charge in [0.05, 0.1) is 11.6 Å². The second kappa shape index (κ2) is 4.95. The van der Waals surface area contributed by atoms with Crippen molar-refractivity contribution in [3.05, 3.63) is 29.1 Å². The molecule has 0 heterocycles. The third kappa shape index (κ3) is 2.71. The van der Waals surface area contributed by atoms with Crippen LogP contribution in [-0.4, -0.2) is 11.3 Å². The predicted octanol–water partition coefficient (Wildman–Crippen LogP) is 2.57. The Kier molecular flexibility index (Phi) is 3.86. The Bertz CT molecular complexity index is 466. The number of amides is 1. The monoisotopic (exact) mass is 240 g/mol. The lowest BCUT2D eigenvalue weighted by atomic mass is 10.1. The Morgan fingerprint density at radius 1 is 1.62 bits per heavy atom. The van der Waals surface area contributed by atoms with Crippen molar-refractivity contribution < 1.29 is 9.18 Å². The highest BCUT2D eigenvalue weighted by Crippen LogP contribution is 2.20. The molecule has 0 aliphatic rings. The van der Waals surface area contributed by atoms with Crippen LogP contribution in [0, 0.1) is 24.1 Å². The van der Waals surface area contributed by atoms with Crippen LogP contribution in [0.4, 0.5) is 10.1 Å². The number of carbonyl (C=O) groups is 1. The zero-order chi connectivity index (χ0) is 12.3. The Balaban J connectivity index is 3.09. The largest absolute Gasteiger partial charge is 0.324 e. The van der Waals surface area contributed by atoms with Crippen LogP contribution in [0.5, 0.6) is 0 Å². The molecular formula is C11H10ClFN2O. The van der Waals surface area contributed by atoms with Crippen molar-refractivity contribution in [2.24, 2.45) is 0 Å². The van der Waals surface area contributed by atoms with E-state index >= 15 is 0 Å². The normalized spacial score (nSPS) is 11.7. The molecular weight excluding hydrogens is 231 g/mol. The number of nitrogens with one attached hydrogen (secondary N) is 1. The maximum Gasteiger partial charge on any atom is 0.242 e. The van der Waals surface area contributed by atoms with Gasteiger partial charge in [0.1, 0.15) is 11.2 Å². The molecule has 3 nitrogen and oxygen atoms in total. The number of hydrogen-bond donors (Lipinski definition) is 1. The molecule has 1 amide bonds. The molecule has 0 spiro atoms. The molecule has 1 atom stereocenters. The summed E-state index contributed by atoms with van der Waals surface area (Å²) in [4.78, 5) is 11.3. The molecule has 0 saturated carbocycles. The van der Waals surface area contributed by atoms with E-state index in [0.29, 0.717) is 0 Å². The van der Waals surface area contributed by atoms with Gasteiger partial charge in [0.15, 0.2) is 0 Å². The summed E-state index contributed by atoms with van der Waals surface area (Å²) in [5.74, 6) is -0.962. The van der Waals surface area contributed by atoms with Crippen LogP contribution >= 0.6 is 11.6 Å². The molecule has 1 rings (SSSR count). The first-order valence-electron chi connectivity index (χ1n) is 4.61. The summed E-state index contributed by atoms with van der Waals surface area (Å²) in [6, 6.07) is 4.35. The highest BCUT2D eigenvalue weighted by molar-refractivity contribution is 6.32. The van der Waals surface area contributed by atoms with Gasteiger partial charge in [-0.3, -0.25) is 4.79 Å². The third-order valence-corrected chi connectivity index (χ3v) is 2.29. The van der Waals surface area contributed by atoms with Gasteiger partial charge in [-0.1, -0.05) is 0 Å². The van der Waals surface area contributed by atoms with E-state index in [4.69, 9.17) is 16.9 Å². The van der Waals surface area contributed by atoms with Gasteiger partial charge in [-0.2, -0.15) is 5.26 Å². The summed E-state index contributed by atoms with van der Waals surface area (Å²) < 4.78 is 13.3. The first-order chi connectivity index (χ1) is 7.45. The van der Waals surface area contributed by atoms with E-state index in [1.54, 1.807) is 0 Å². The molecule has 16 heavy (non-hydrogen) atoms. The Morgan fingerprint density at radius 3 is 2.75 bits per heavy atom. The van der Waals surface area contributed by atoms with Crippen LogP contribution in [0.15, 0.2) is 12.1 Å². The number of anilines is 1. The maximum atomic E-state index is 13.3. The third-order valence-electron chi connectivity index (χ3n) is 2.09. The molecule has 0 bridgehead atoms. The molecule has 1 aromatic rings. The van der Waals surface area contributed by atoms with Crippen molar-refractivity contribution in [2.45, 2.75) is 19.2 Å². The number of nitrogens with zero attached hydrogens (tertiary/aromatic N) is 1. The smallest absolute Gasteiger partial charge is 0.242 e. The van der Waals surface area contributed by atoms with Gasteiger partial charge in [0, 0.05) is 11.3 Å². The molecule has 1 N–H and O–H groups in total. The average Bonchev–Trinajstić information content (AvgIpc) is 2.24. The van der Waals surface area contributed by atoms with Crippen LogP contribution in [-0.2, 0) is 4.79 Å². The van der Waals surface area contributed by atoms with E-state index in [9.17, 15) is 9.18 Å². The first kappa shape index (κ1) is 12.5. The van der Waals surface area contributed by atoms with Crippen LogP contribution in [0.3, 0.4) is 0 Å². The van der Waals surface area contributed by atoms with Gasteiger partial charge < -0.3 is 5.32 Å². The Hall–Kier alpha value is -1.60. The highest BCUT2D eigenvalue weighted by Gasteiger charge is 2.13. The lowest BCUT2D eigenvalue weighted by molar-refractivity contribution is -0.115. The van der Waals surface area contributed by atoms with Gasteiger partial charge in [-0.15, -0.1) is 11.6 Å². The number of hydrogen-bond acceptors (Lipinski definition) is 2. The summed E-state index contributed by atoms with van der Waals surface area (Å²) in [6.45, 7) is 3.03. The van der Waals surface area contributed by atoms with Crippen LogP contribution in [0.1, 0.15) is 18.1 Å². The number of rotatable bonds is 2. The van der Waals surface area contributed by atoms with Crippen molar-refractivity contribution in [3.8, 4) is 6.07 Å². The van der Waals surface area contributed by atoms with Crippen molar-refractivity contribution in [2.75, 3.05) is 5.32 Å². The fourth-order valence-electron chi connectivity index (χ4n) is 1.11. The van der Waals surface area contributed by atoms with E-state index in [1.807, 2.05) is 6.07 Å². The Morgan fingerprint density at radius 2 is 2.25 bits per heavy atom. The van der Waals surface area contributed by atoms with E-state index in [-0.39, 0.29) is 16.8 Å². The summed E-state index contributed by atoms with van der Waals surface area (Å²) in [6.07, 6.45) is 0. The zero-order valence-electron chi connectivity index (χ0n) is 8.84. The number of alkyl halides is 1. The summed E-state index contributed by atoms with van der Waals surface area (Å²) in [5.41, 5.74) is 0.708. The van der Waals surface area contributed by atoms with E-state index in [0.717, 1.165) is 6.07 Å². The molecule has 1 aromatic carbocycles. The van der Waals surface area contributed by atoms with Gasteiger partial charge in [0.25, 0.3) is 0 Å². The molecule has 1 unspecified atom stereocenters. The maximum absolute atomic E-state index is 13.3. The van der Waals surface area contributed by atoms with Gasteiger partial charge in [0.2, 0.25) is 5.91 Å². The van der Waals surface area contributed by atoms with E-state index in [1.165, 1.54) is 19.9 Å². The SMILES string of the molecule is Cc1c(F)cc(C#N)cc1NC(=O)C(C)Cl. The van der Waals surface area contributed by atoms with E-state index < -0.39 is 17.1 Å². The minimum Gasteiger partial charge on any atom is -0.324 e. The fraction of sp³-hybridized carbons (Fsp3) is 0.273. The lowest BCUT2D eigenvalue weighted by Crippen LogP contribution is -2.21. The predicted molar refractivity (Wildman–Crippen MR) is 59.8 cm³/mol.